The van der Waals surface area contributed by atoms with Gasteiger partial charge in [0.15, 0.2) is 0 Å². The number of fused-ring (bicyclic) bond motifs is 1. The molecule has 1 fully saturated rings. The summed E-state index contributed by atoms with van der Waals surface area (Å²) in [5, 5.41) is 3.20. The Balaban J connectivity index is 1.67. The number of benzene rings is 2. The molecule has 0 radical (unpaired) electrons. The van der Waals surface area contributed by atoms with Crippen molar-refractivity contribution >= 4 is 32.6 Å². The van der Waals surface area contributed by atoms with Crippen molar-refractivity contribution in [2.45, 2.75) is 30.6 Å². The predicted molar refractivity (Wildman–Crippen MR) is 121 cm³/mol. The van der Waals surface area contributed by atoms with Crippen molar-refractivity contribution in [2.24, 2.45) is 0 Å². The Morgan fingerprint density at radius 1 is 1.03 bits per heavy atom. The topological polar surface area (TPSA) is 106 Å². The number of nitrogens with zero attached hydrogens (tertiary/aromatic N) is 1. The molecule has 0 saturated carbocycles. The fourth-order valence-electron chi connectivity index (χ4n) is 3.79. The molecular weight excluding hydrogens is 432 g/mol. The van der Waals surface area contributed by atoms with Gasteiger partial charge >= 0.3 is 5.63 Å². The summed E-state index contributed by atoms with van der Waals surface area (Å²) in [7, 11) is -2.31. The van der Waals surface area contributed by atoms with E-state index in [1.54, 1.807) is 24.3 Å². The Labute approximate surface area is 185 Å². The van der Waals surface area contributed by atoms with E-state index < -0.39 is 21.6 Å². The first kappa shape index (κ1) is 22.0. The summed E-state index contributed by atoms with van der Waals surface area (Å²) in [5.41, 5.74) is -0.446. The highest BCUT2D eigenvalue weighted by Gasteiger charge is 2.26. The molecule has 0 spiro atoms. The van der Waals surface area contributed by atoms with Crippen LogP contribution in [0.5, 0.6) is 5.75 Å². The smallest absolute Gasteiger partial charge is 0.349 e. The molecule has 4 rings (SSSR count). The number of para-hydroxylation sites is 1. The van der Waals surface area contributed by atoms with Gasteiger partial charge < -0.3 is 14.5 Å². The van der Waals surface area contributed by atoms with Crippen LogP contribution in [0.15, 0.2) is 62.6 Å². The van der Waals surface area contributed by atoms with Crippen LogP contribution in [0.2, 0.25) is 0 Å². The lowest BCUT2D eigenvalue weighted by atomic mass is 10.1. The van der Waals surface area contributed by atoms with Crippen molar-refractivity contribution in [2.75, 3.05) is 25.5 Å². The number of anilines is 1. The van der Waals surface area contributed by atoms with Gasteiger partial charge in [-0.1, -0.05) is 31.0 Å². The van der Waals surface area contributed by atoms with E-state index in [4.69, 9.17) is 9.15 Å². The largest absolute Gasteiger partial charge is 0.495 e. The predicted octanol–water partition coefficient (Wildman–Crippen LogP) is 3.62. The van der Waals surface area contributed by atoms with Crippen molar-refractivity contribution in [3.8, 4) is 5.75 Å². The van der Waals surface area contributed by atoms with E-state index in [0.29, 0.717) is 24.1 Å². The van der Waals surface area contributed by atoms with E-state index in [0.717, 1.165) is 25.7 Å². The fraction of sp³-hybridized carbons (Fsp3) is 0.304. The molecule has 0 unspecified atom stereocenters. The SMILES string of the molecule is COc1ccc(S(=O)(=O)N2CCCCCC2)cc1NC(=O)c1cc2ccccc2oc1=O. The van der Waals surface area contributed by atoms with Crippen molar-refractivity contribution in [1.82, 2.24) is 4.31 Å². The average Bonchev–Trinajstić information content (AvgIpc) is 3.08. The molecular formula is C23H24N2O6S. The molecule has 32 heavy (non-hydrogen) atoms. The molecule has 168 valence electrons. The maximum Gasteiger partial charge on any atom is 0.349 e. The first-order valence-corrected chi connectivity index (χ1v) is 11.9. The molecule has 9 heteroatoms. The molecule has 1 aromatic heterocycles. The summed E-state index contributed by atoms with van der Waals surface area (Å²) < 4.78 is 38.3. The molecule has 3 aromatic rings. The minimum atomic E-state index is -3.72. The number of rotatable bonds is 5. The number of carbonyl (C=O) groups excluding carboxylic acids is 1. The zero-order valence-electron chi connectivity index (χ0n) is 17.7. The minimum absolute atomic E-state index is 0.0565. The number of ether oxygens (including phenoxy) is 1. The highest BCUT2D eigenvalue weighted by Crippen LogP contribution is 2.30. The third kappa shape index (κ3) is 4.39. The van der Waals surface area contributed by atoms with Crippen LogP contribution in [0, 0.1) is 0 Å². The summed E-state index contributed by atoms with van der Waals surface area (Å²) >= 11 is 0. The van der Waals surface area contributed by atoms with E-state index in [1.807, 2.05) is 0 Å². The van der Waals surface area contributed by atoms with Crippen molar-refractivity contribution in [3.05, 3.63) is 64.5 Å². The Morgan fingerprint density at radius 2 is 1.75 bits per heavy atom. The van der Waals surface area contributed by atoms with Gasteiger partial charge in [0, 0.05) is 18.5 Å². The summed E-state index contributed by atoms with van der Waals surface area (Å²) in [6, 6.07) is 12.6. The van der Waals surface area contributed by atoms with E-state index >= 15 is 0 Å². The molecule has 0 atom stereocenters. The molecule has 1 aliphatic rings. The van der Waals surface area contributed by atoms with Crippen molar-refractivity contribution in [1.29, 1.82) is 0 Å². The second-order valence-corrected chi connectivity index (χ2v) is 9.56. The summed E-state index contributed by atoms with van der Waals surface area (Å²) in [5.74, 6) is -0.439. The number of nitrogens with one attached hydrogen (secondary N) is 1. The number of hydrogen-bond acceptors (Lipinski definition) is 6. The molecule has 2 heterocycles. The van der Waals surface area contributed by atoms with Gasteiger partial charge in [0.25, 0.3) is 5.91 Å². The molecule has 1 saturated heterocycles. The maximum absolute atomic E-state index is 13.2. The van der Waals surface area contributed by atoms with Crippen LogP contribution in [-0.2, 0) is 10.0 Å². The molecule has 2 aromatic carbocycles. The highest BCUT2D eigenvalue weighted by molar-refractivity contribution is 7.89. The molecule has 8 nitrogen and oxygen atoms in total. The lowest BCUT2D eigenvalue weighted by Crippen LogP contribution is -2.32. The number of sulfonamides is 1. The summed E-state index contributed by atoms with van der Waals surface area (Å²) in [6.45, 7) is 0.933. The molecule has 1 amide bonds. The first-order valence-electron chi connectivity index (χ1n) is 10.4. The quantitative estimate of drug-likeness (QED) is 0.588. The van der Waals surface area contributed by atoms with Crippen molar-refractivity contribution < 1.29 is 22.4 Å². The van der Waals surface area contributed by atoms with E-state index in [-0.39, 0.29) is 21.9 Å². The number of methoxy groups -OCH3 is 1. The van der Waals surface area contributed by atoms with Crippen LogP contribution in [0.25, 0.3) is 11.0 Å². The second-order valence-electron chi connectivity index (χ2n) is 7.62. The highest BCUT2D eigenvalue weighted by atomic mass is 32.2. The van der Waals surface area contributed by atoms with Crippen LogP contribution in [0.4, 0.5) is 5.69 Å². The molecule has 0 bridgehead atoms. The Morgan fingerprint density at radius 3 is 2.47 bits per heavy atom. The molecule has 1 N–H and O–H groups in total. The maximum atomic E-state index is 13.2. The standard InChI is InChI=1S/C23H24N2O6S/c1-30-21-11-10-17(32(28,29)25-12-6-2-3-7-13-25)15-19(21)24-22(26)18-14-16-8-4-5-9-20(16)31-23(18)27/h4-5,8-11,14-15H,2-3,6-7,12-13H2,1H3,(H,24,26). The van der Waals surface area contributed by atoms with Gasteiger partial charge in [0.1, 0.15) is 16.9 Å². The minimum Gasteiger partial charge on any atom is -0.495 e. The number of hydrogen-bond donors (Lipinski definition) is 1. The van der Waals surface area contributed by atoms with Crippen LogP contribution in [0.1, 0.15) is 36.0 Å². The van der Waals surface area contributed by atoms with Crippen molar-refractivity contribution in [3.63, 3.8) is 0 Å². The van der Waals surface area contributed by atoms with E-state index in [2.05, 4.69) is 5.32 Å². The lowest BCUT2D eigenvalue weighted by Gasteiger charge is -2.21. The van der Waals surface area contributed by atoms with Gasteiger partial charge in [-0.05, 0) is 43.2 Å². The van der Waals surface area contributed by atoms with E-state index in [1.165, 1.54) is 35.7 Å². The van der Waals surface area contributed by atoms with Gasteiger partial charge in [0.05, 0.1) is 17.7 Å². The van der Waals surface area contributed by atoms with Crippen LogP contribution >= 0.6 is 0 Å². The monoisotopic (exact) mass is 456 g/mol. The number of amides is 1. The van der Waals surface area contributed by atoms with Gasteiger partial charge in [-0.15, -0.1) is 0 Å². The third-order valence-corrected chi connectivity index (χ3v) is 7.40. The zero-order valence-corrected chi connectivity index (χ0v) is 18.5. The van der Waals surface area contributed by atoms with Gasteiger partial charge in [-0.2, -0.15) is 4.31 Å². The Kier molecular flexibility index (Phi) is 6.29. The Hall–Kier alpha value is -3.17. The Bertz CT molecular complexity index is 1310. The third-order valence-electron chi connectivity index (χ3n) is 5.51. The van der Waals surface area contributed by atoms with Gasteiger partial charge in [-0.3, -0.25) is 4.79 Å². The fourth-order valence-corrected chi connectivity index (χ4v) is 5.33. The van der Waals surface area contributed by atoms with Crippen LogP contribution < -0.4 is 15.7 Å². The van der Waals surface area contributed by atoms with Gasteiger partial charge in [0.2, 0.25) is 10.0 Å². The summed E-state index contributed by atoms with van der Waals surface area (Å²) in [4.78, 5) is 25.2. The van der Waals surface area contributed by atoms with E-state index in [9.17, 15) is 18.0 Å². The summed E-state index contributed by atoms with van der Waals surface area (Å²) in [6.07, 6.45) is 3.64. The normalized spacial score (nSPS) is 15.3. The zero-order chi connectivity index (χ0) is 22.7. The van der Waals surface area contributed by atoms with Crippen LogP contribution in [-0.4, -0.2) is 38.8 Å². The van der Waals surface area contributed by atoms with Gasteiger partial charge in [-0.25, -0.2) is 13.2 Å². The first-order chi connectivity index (χ1) is 15.4. The van der Waals surface area contributed by atoms with Crippen LogP contribution in [0.3, 0.4) is 0 Å². The lowest BCUT2D eigenvalue weighted by molar-refractivity contribution is 0.102. The second kappa shape index (κ2) is 9.13. The molecule has 1 aliphatic heterocycles. The number of carbonyl (C=O) groups is 1. The molecule has 0 aliphatic carbocycles. The average molecular weight is 457 g/mol.